The molecule has 18 heavy (non-hydrogen) atoms. The Kier molecular flexibility index (Phi) is 2.86. The smallest absolute Gasteiger partial charge is 0.255 e. The van der Waals surface area contributed by atoms with E-state index in [1.165, 1.54) is 16.7 Å². The molecule has 0 bridgehead atoms. The molecule has 0 aliphatic carbocycles. The topological polar surface area (TPSA) is 32.3 Å². The molecule has 0 spiro atoms. The van der Waals surface area contributed by atoms with Crippen molar-refractivity contribution >= 4 is 5.91 Å². The van der Waals surface area contributed by atoms with Crippen molar-refractivity contribution in [2.24, 2.45) is 0 Å². The van der Waals surface area contributed by atoms with Gasteiger partial charge in [0.2, 0.25) is 0 Å². The SMILES string of the molecule is CCc1cc(CC)c2c(c1)[C@@H]1CNCCN1C2=O. The fourth-order valence-electron chi connectivity index (χ4n) is 3.17. The summed E-state index contributed by atoms with van der Waals surface area (Å²) in [4.78, 5) is 14.5. The lowest BCUT2D eigenvalue weighted by molar-refractivity contribution is 0.0690. The number of hydrogen-bond donors (Lipinski definition) is 1. The number of rotatable bonds is 2. The Morgan fingerprint density at radius 2 is 2.17 bits per heavy atom. The first-order valence-corrected chi connectivity index (χ1v) is 6.93. The van der Waals surface area contributed by atoms with E-state index in [0.29, 0.717) is 0 Å². The lowest BCUT2D eigenvalue weighted by atomic mass is 9.94. The first-order valence-electron chi connectivity index (χ1n) is 6.93. The second kappa shape index (κ2) is 4.39. The minimum Gasteiger partial charge on any atom is -0.329 e. The molecular formula is C15H20N2O. The van der Waals surface area contributed by atoms with E-state index in [0.717, 1.165) is 38.0 Å². The number of hydrogen-bond acceptors (Lipinski definition) is 2. The van der Waals surface area contributed by atoms with Crippen molar-refractivity contribution in [1.29, 1.82) is 0 Å². The fourth-order valence-corrected chi connectivity index (χ4v) is 3.17. The third-order valence-corrected chi connectivity index (χ3v) is 4.18. The molecule has 3 rings (SSSR count). The lowest BCUT2D eigenvalue weighted by Gasteiger charge is -2.30. The Labute approximate surface area is 108 Å². The molecule has 3 heteroatoms. The maximum atomic E-state index is 12.5. The minimum atomic E-state index is 0.246. The number of piperazine rings is 1. The van der Waals surface area contributed by atoms with Crippen LogP contribution in [0.1, 0.15) is 46.9 Å². The van der Waals surface area contributed by atoms with E-state index in [-0.39, 0.29) is 11.9 Å². The Morgan fingerprint density at radius 3 is 2.89 bits per heavy atom. The highest BCUT2D eigenvalue weighted by atomic mass is 16.2. The van der Waals surface area contributed by atoms with E-state index in [4.69, 9.17) is 0 Å². The van der Waals surface area contributed by atoms with Gasteiger partial charge in [0.05, 0.1) is 6.04 Å². The Bertz CT molecular complexity index is 496. The van der Waals surface area contributed by atoms with Gasteiger partial charge < -0.3 is 10.2 Å². The number of amides is 1. The number of nitrogens with one attached hydrogen (secondary N) is 1. The number of carbonyl (C=O) groups excluding carboxylic acids is 1. The summed E-state index contributed by atoms with van der Waals surface area (Å²) in [5.74, 6) is 0.246. The molecule has 2 aliphatic rings. The summed E-state index contributed by atoms with van der Waals surface area (Å²) < 4.78 is 0. The van der Waals surface area contributed by atoms with Crippen LogP contribution in [0.15, 0.2) is 12.1 Å². The van der Waals surface area contributed by atoms with Gasteiger partial charge in [0.15, 0.2) is 0 Å². The zero-order valence-electron chi connectivity index (χ0n) is 11.1. The number of nitrogens with zero attached hydrogens (tertiary/aromatic N) is 1. The standard InChI is InChI=1S/C15H20N2O/c1-3-10-7-11(4-2)14-12(8-10)13-9-16-5-6-17(13)15(14)18/h7-8,13,16H,3-6,9H2,1-2H3/t13-/m0/s1. The van der Waals surface area contributed by atoms with Crippen molar-refractivity contribution in [3.63, 3.8) is 0 Å². The Hall–Kier alpha value is -1.35. The largest absolute Gasteiger partial charge is 0.329 e. The summed E-state index contributed by atoms with van der Waals surface area (Å²) in [6, 6.07) is 4.71. The van der Waals surface area contributed by atoms with Crippen LogP contribution in [0.5, 0.6) is 0 Å². The number of benzene rings is 1. The van der Waals surface area contributed by atoms with E-state index in [9.17, 15) is 4.79 Å². The first-order chi connectivity index (χ1) is 8.76. The number of carbonyl (C=O) groups is 1. The van der Waals surface area contributed by atoms with Gasteiger partial charge in [-0.1, -0.05) is 26.0 Å². The highest BCUT2D eigenvalue weighted by molar-refractivity contribution is 6.01. The van der Waals surface area contributed by atoms with Crippen LogP contribution in [0.3, 0.4) is 0 Å². The second-order valence-electron chi connectivity index (χ2n) is 5.14. The zero-order chi connectivity index (χ0) is 12.7. The van der Waals surface area contributed by atoms with E-state index in [1.54, 1.807) is 0 Å². The van der Waals surface area contributed by atoms with Gasteiger partial charge in [-0.3, -0.25) is 4.79 Å². The van der Waals surface area contributed by atoms with Crippen LogP contribution in [0.25, 0.3) is 0 Å². The first kappa shape index (κ1) is 11.7. The molecular weight excluding hydrogens is 224 g/mol. The zero-order valence-corrected chi connectivity index (χ0v) is 11.1. The van der Waals surface area contributed by atoms with Crippen molar-refractivity contribution in [1.82, 2.24) is 10.2 Å². The van der Waals surface area contributed by atoms with Crippen molar-refractivity contribution < 1.29 is 4.79 Å². The molecule has 1 amide bonds. The predicted molar refractivity (Wildman–Crippen MR) is 71.8 cm³/mol. The van der Waals surface area contributed by atoms with Crippen LogP contribution in [-0.4, -0.2) is 30.4 Å². The summed E-state index contributed by atoms with van der Waals surface area (Å²) >= 11 is 0. The third kappa shape index (κ3) is 1.57. The summed E-state index contributed by atoms with van der Waals surface area (Å²) in [6.07, 6.45) is 1.98. The van der Waals surface area contributed by atoms with Gasteiger partial charge in [0.1, 0.15) is 0 Å². The highest BCUT2D eigenvalue weighted by Gasteiger charge is 2.39. The average Bonchev–Trinajstić information content (AvgIpc) is 2.72. The maximum Gasteiger partial charge on any atom is 0.255 e. The second-order valence-corrected chi connectivity index (χ2v) is 5.14. The van der Waals surface area contributed by atoms with Gasteiger partial charge in [0, 0.05) is 25.2 Å². The Balaban J connectivity index is 2.15. The van der Waals surface area contributed by atoms with E-state index in [2.05, 4.69) is 31.3 Å². The van der Waals surface area contributed by atoms with E-state index in [1.807, 2.05) is 4.90 Å². The normalized spacial score (nSPS) is 22.0. The van der Waals surface area contributed by atoms with Crippen molar-refractivity contribution in [3.8, 4) is 0 Å². The van der Waals surface area contributed by atoms with Crippen molar-refractivity contribution in [3.05, 3.63) is 34.4 Å². The minimum absolute atomic E-state index is 0.246. The molecule has 3 nitrogen and oxygen atoms in total. The molecule has 2 aliphatic heterocycles. The summed E-state index contributed by atoms with van der Waals surface area (Å²) in [7, 11) is 0. The number of fused-ring (bicyclic) bond motifs is 3. The average molecular weight is 244 g/mol. The molecule has 1 aromatic rings. The van der Waals surface area contributed by atoms with Crippen LogP contribution < -0.4 is 5.32 Å². The highest BCUT2D eigenvalue weighted by Crippen LogP contribution is 2.37. The van der Waals surface area contributed by atoms with E-state index < -0.39 is 0 Å². The predicted octanol–water partition coefficient (Wildman–Crippen LogP) is 1.91. The quantitative estimate of drug-likeness (QED) is 0.862. The molecule has 1 aromatic carbocycles. The summed E-state index contributed by atoms with van der Waals surface area (Å²) in [5.41, 5.74) is 4.82. The molecule has 1 atom stereocenters. The van der Waals surface area contributed by atoms with Crippen molar-refractivity contribution in [2.75, 3.05) is 19.6 Å². The van der Waals surface area contributed by atoms with Gasteiger partial charge in [-0.15, -0.1) is 0 Å². The lowest BCUT2D eigenvalue weighted by Crippen LogP contribution is -2.44. The maximum absolute atomic E-state index is 12.5. The van der Waals surface area contributed by atoms with Crippen LogP contribution >= 0.6 is 0 Å². The molecule has 0 radical (unpaired) electrons. The molecule has 96 valence electrons. The molecule has 0 saturated carbocycles. The van der Waals surface area contributed by atoms with Gasteiger partial charge in [-0.25, -0.2) is 0 Å². The van der Waals surface area contributed by atoms with Gasteiger partial charge in [0.25, 0.3) is 5.91 Å². The molecule has 1 saturated heterocycles. The van der Waals surface area contributed by atoms with Crippen LogP contribution in [0.4, 0.5) is 0 Å². The third-order valence-electron chi connectivity index (χ3n) is 4.18. The van der Waals surface area contributed by atoms with Gasteiger partial charge in [-0.05, 0) is 29.5 Å². The molecule has 0 aromatic heterocycles. The van der Waals surface area contributed by atoms with Gasteiger partial charge in [-0.2, -0.15) is 0 Å². The molecule has 1 N–H and O–H groups in total. The number of aryl methyl sites for hydroxylation is 2. The van der Waals surface area contributed by atoms with Crippen LogP contribution in [0, 0.1) is 0 Å². The van der Waals surface area contributed by atoms with Crippen molar-refractivity contribution in [2.45, 2.75) is 32.7 Å². The molecule has 1 fully saturated rings. The van der Waals surface area contributed by atoms with Crippen LogP contribution in [0.2, 0.25) is 0 Å². The van der Waals surface area contributed by atoms with E-state index >= 15 is 0 Å². The van der Waals surface area contributed by atoms with Gasteiger partial charge >= 0.3 is 0 Å². The fraction of sp³-hybridized carbons (Fsp3) is 0.533. The Morgan fingerprint density at radius 1 is 1.33 bits per heavy atom. The molecule has 2 heterocycles. The summed E-state index contributed by atoms with van der Waals surface area (Å²) in [5, 5.41) is 3.40. The molecule has 0 unspecified atom stereocenters. The van der Waals surface area contributed by atoms with Crippen LogP contribution in [-0.2, 0) is 12.8 Å². The summed E-state index contributed by atoms with van der Waals surface area (Å²) in [6.45, 7) is 6.96. The monoisotopic (exact) mass is 244 g/mol.